The van der Waals surface area contributed by atoms with E-state index >= 15 is 0 Å². The predicted molar refractivity (Wildman–Crippen MR) is 130 cm³/mol. The molecule has 8 heteroatoms. The number of nitrogens with zero attached hydrogens (tertiary/aromatic N) is 2. The van der Waals surface area contributed by atoms with Crippen molar-refractivity contribution in [1.82, 2.24) is 20.2 Å². The number of hydrogen-bond donors (Lipinski definition) is 2. The number of aromatic amines is 1. The molecule has 1 saturated heterocycles. The van der Waals surface area contributed by atoms with Gasteiger partial charge >= 0.3 is 0 Å². The molecule has 0 saturated carbocycles. The molecule has 1 aromatic carbocycles. The number of rotatable bonds is 7. The predicted octanol–water partition coefficient (Wildman–Crippen LogP) is 2.81. The van der Waals surface area contributed by atoms with Crippen molar-refractivity contribution in [2.45, 2.75) is 51.2 Å². The standard InChI is InChI=1S/C25H30N4O3S/c30-22(26-14-18-16-29(12-13-32-18)15-17-6-2-1-3-7-17)11-10-21-27-24(31)23-19-8-4-5-9-20(19)33-25(23)28-21/h1-3,6-7,18H,4-5,8-16H2,(H,26,30)(H,27,28,31). The van der Waals surface area contributed by atoms with E-state index in [1.807, 2.05) is 6.07 Å². The summed E-state index contributed by atoms with van der Waals surface area (Å²) >= 11 is 1.64. The van der Waals surface area contributed by atoms with Gasteiger partial charge in [-0.25, -0.2) is 4.98 Å². The van der Waals surface area contributed by atoms with Gasteiger partial charge in [-0.2, -0.15) is 0 Å². The van der Waals surface area contributed by atoms with Gasteiger partial charge in [-0.15, -0.1) is 11.3 Å². The Morgan fingerprint density at radius 3 is 2.97 bits per heavy atom. The number of carbonyl (C=O) groups is 1. The van der Waals surface area contributed by atoms with E-state index in [-0.39, 0.29) is 17.6 Å². The van der Waals surface area contributed by atoms with Gasteiger partial charge in [0.1, 0.15) is 10.7 Å². The van der Waals surface area contributed by atoms with Gasteiger partial charge in [-0.1, -0.05) is 30.3 Å². The highest BCUT2D eigenvalue weighted by Gasteiger charge is 2.22. The van der Waals surface area contributed by atoms with Crippen LogP contribution >= 0.6 is 11.3 Å². The van der Waals surface area contributed by atoms with Crippen LogP contribution in [0.5, 0.6) is 0 Å². The van der Waals surface area contributed by atoms with Gasteiger partial charge in [0.15, 0.2) is 0 Å². The summed E-state index contributed by atoms with van der Waals surface area (Å²) < 4.78 is 5.85. The molecule has 1 fully saturated rings. The first-order valence-electron chi connectivity index (χ1n) is 11.8. The first kappa shape index (κ1) is 22.3. The molecule has 5 rings (SSSR count). The number of fused-ring (bicyclic) bond motifs is 3. The second-order valence-electron chi connectivity index (χ2n) is 8.92. The van der Waals surface area contributed by atoms with Crippen molar-refractivity contribution in [2.24, 2.45) is 0 Å². The van der Waals surface area contributed by atoms with Gasteiger partial charge in [0.2, 0.25) is 5.91 Å². The fourth-order valence-electron chi connectivity index (χ4n) is 4.76. The van der Waals surface area contributed by atoms with E-state index in [1.54, 1.807) is 11.3 Å². The minimum atomic E-state index is -0.0658. The fourth-order valence-corrected chi connectivity index (χ4v) is 6.04. The van der Waals surface area contributed by atoms with Gasteiger partial charge in [0, 0.05) is 43.9 Å². The number of ether oxygens (including phenoxy) is 1. The van der Waals surface area contributed by atoms with Crippen molar-refractivity contribution in [3.8, 4) is 0 Å². The normalized spacial score (nSPS) is 18.8. The van der Waals surface area contributed by atoms with Gasteiger partial charge in [-0.05, 0) is 36.8 Å². The lowest BCUT2D eigenvalue weighted by atomic mass is 9.97. The summed E-state index contributed by atoms with van der Waals surface area (Å²) in [6.07, 6.45) is 5.02. The molecule has 33 heavy (non-hydrogen) atoms. The Kier molecular flexibility index (Phi) is 6.85. The molecular formula is C25H30N4O3S. The van der Waals surface area contributed by atoms with Crippen molar-refractivity contribution < 1.29 is 9.53 Å². The van der Waals surface area contributed by atoms with Crippen LogP contribution in [0.3, 0.4) is 0 Å². The van der Waals surface area contributed by atoms with Crippen LogP contribution in [-0.2, 0) is 35.3 Å². The highest BCUT2D eigenvalue weighted by atomic mass is 32.1. The van der Waals surface area contributed by atoms with E-state index < -0.39 is 0 Å². The molecule has 0 spiro atoms. The number of thiophene rings is 1. The molecule has 1 atom stereocenters. The number of benzene rings is 1. The van der Waals surface area contributed by atoms with Gasteiger partial charge in [-0.3, -0.25) is 14.5 Å². The number of hydrogen-bond acceptors (Lipinski definition) is 6. The van der Waals surface area contributed by atoms with Crippen molar-refractivity contribution in [3.63, 3.8) is 0 Å². The summed E-state index contributed by atoms with van der Waals surface area (Å²) in [5.41, 5.74) is 2.41. The molecule has 2 N–H and O–H groups in total. The molecule has 174 valence electrons. The monoisotopic (exact) mass is 466 g/mol. The fraction of sp³-hybridized carbons (Fsp3) is 0.480. The topological polar surface area (TPSA) is 87.3 Å². The molecule has 3 aromatic rings. The first-order valence-corrected chi connectivity index (χ1v) is 12.7. The number of aryl methyl sites for hydroxylation is 3. The van der Waals surface area contributed by atoms with Crippen LogP contribution in [0.25, 0.3) is 10.2 Å². The summed E-state index contributed by atoms with van der Waals surface area (Å²) in [4.78, 5) is 37.2. The Bertz CT molecular complexity index is 1170. The molecule has 1 aliphatic heterocycles. The Balaban J connectivity index is 1.12. The van der Waals surface area contributed by atoms with Gasteiger partial charge in [0.05, 0.1) is 18.1 Å². The Labute approximate surface area is 197 Å². The summed E-state index contributed by atoms with van der Waals surface area (Å²) in [5, 5.41) is 3.75. The van der Waals surface area contributed by atoms with Crippen molar-refractivity contribution in [1.29, 1.82) is 0 Å². The zero-order valence-electron chi connectivity index (χ0n) is 18.8. The van der Waals surface area contributed by atoms with Crippen LogP contribution in [-0.4, -0.2) is 53.1 Å². The van der Waals surface area contributed by atoms with Gasteiger partial charge < -0.3 is 15.0 Å². The molecule has 2 aromatic heterocycles. The molecule has 0 bridgehead atoms. The third-order valence-corrected chi connectivity index (χ3v) is 7.65. The minimum absolute atomic E-state index is 0.0156. The summed E-state index contributed by atoms with van der Waals surface area (Å²) in [7, 11) is 0. The molecule has 1 aliphatic carbocycles. The van der Waals surface area contributed by atoms with E-state index in [0.717, 1.165) is 49.1 Å². The van der Waals surface area contributed by atoms with Crippen molar-refractivity contribution in [3.05, 3.63) is 62.5 Å². The van der Waals surface area contributed by atoms with E-state index in [0.29, 0.717) is 31.8 Å². The number of morpholine rings is 1. The number of carbonyl (C=O) groups excluding carboxylic acids is 1. The van der Waals surface area contributed by atoms with Crippen LogP contribution in [0.4, 0.5) is 0 Å². The van der Waals surface area contributed by atoms with Gasteiger partial charge in [0.25, 0.3) is 5.56 Å². The van der Waals surface area contributed by atoms with E-state index in [1.165, 1.54) is 22.4 Å². The molecule has 7 nitrogen and oxygen atoms in total. The van der Waals surface area contributed by atoms with Crippen LogP contribution in [0.2, 0.25) is 0 Å². The molecule has 1 amide bonds. The highest BCUT2D eigenvalue weighted by molar-refractivity contribution is 7.18. The van der Waals surface area contributed by atoms with Crippen LogP contribution in [0, 0.1) is 0 Å². The van der Waals surface area contributed by atoms with E-state index in [9.17, 15) is 9.59 Å². The van der Waals surface area contributed by atoms with Crippen LogP contribution in [0.15, 0.2) is 35.1 Å². The number of H-pyrrole nitrogens is 1. The summed E-state index contributed by atoms with van der Waals surface area (Å²) in [5.74, 6) is 0.538. The zero-order valence-corrected chi connectivity index (χ0v) is 19.6. The van der Waals surface area contributed by atoms with Crippen LogP contribution < -0.4 is 10.9 Å². The average Bonchev–Trinajstić information content (AvgIpc) is 3.21. The average molecular weight is 467 g/mol. The Morgan fingerprint density at radius 1 is 1.24 bits per heavy atom. The zero-order chi connectivity index (χ0) is 22.6. The quantitative estimate of drug-likeness (QED) is 0.559. The maximum atomic E-state index is 12.7. The second-order valence-corrected chi connectivity index (χ2v) is 10.0. The molecule has 0 radical (unpaired) electrons. The van der Waals surface area contributed by atoms with E-state index in [2.05, 4.69) is 44.5 Å². The minimum Gasteiger partial charge on any atom is -0.374 e. The van der Waals surface area contributed by atoms with E-state index in [4.69, 9.17) is 4.74 Å². The molecular weight excluding hydrogens is 436 g/mol. The number of amides is 1. The number of aromatic nitrogens is 2. The third-order valence-electron chi connectivity index (χ3n) is 6.46. The third kappa shape index (κ3) is 5.34. The van der Waals surface area contributed by atoms with Crippen molar-refractivity contribution in [2.75, 3.05) is 26.2 Å². The maximum absolute atomic E-state index is 12.7. The molecule has 1 unspecified atom stereocenters. The lowest BCUT2D eigenvalue weighted by Crippen LogP contribution is -2.47. The van der Waals surface area contributed by atoms with Crippen LogP contribution in [0.1, 0.15) is 41.1 Å². The second kappa shape index (κ2) is 10.2. The Hall–Kier alpha value is -2.55. The summed E-state index contributed by atoms with van der Waals surface area (Å²) in [6.45, 7) is 3.74. The smallest absolute Gasteiger partial charge is 0.259 e. The largest absolute Gasteiger partial charge is 0.374 e. The molecule has 3 heterocycles. The Morgan fingerprint density at radius 2 is 2.09 bits per heavy atom. The maximum Gasteiger partial charge on any atom is 0.259 e. The highest BCUT2D eigenvalue weighted by Crippen LogP contribution is 2.33. The lowest BCUT2D eigenvalue weighted by Gasteiger charge is -2.33. The lowest BCUT2D eigenvalue weighted by molar-refractivity contribution is -0.122. The summed E-state index contributed by atoms with van der Waals surface area (Å²) in [6, 6.07) is 10.4. The van der Waals surface area contributed by atoms with Crippen molar-refractivity contribution >= 4 is 27.5 Å². The first-order chi connectivity index (χ1) is 16.2. The SMILES string of the molecule is O=C(CCc1nc2sc3c(c2c(=O)[nH]1)CCCC3)NCC1CN(Cc2ccccc2)CCO1. The molecule has 2 aliphatic rings. The number of nitrogens with one attached hydrogen (secondary N) is 2.